The van der Waals surface area contributed by atoms with Crippen LogP contribution in [-0.2, 0) is 0 Å². The van der Waals surface area contributed by atoms with Crippen molar-refractivity contribution in [2.75, 3.05) is 25.1 Å². The lowest BCUT2D eigenvalue weighted by Gasteiger charge is -2.53. The van der Waals surface area contributed by atoms with Gasteiger partial charge in [-0.15, -0.1) is 0 Å². The van der Waals surface area contributed by atoms with Gasteiger partial charge in [0.15, 0.2) is 0 Å². The number of carboxylic acids is 1. The zero-order valence-corrected chi connectivity index (χ0v) is 11.9. The Hall–Kier alpha value is -1.71. The van der Waals surface area contributed by atoms with Crippen molar-refractivity contribution in [1.29, 1.82) is 0 Å². The lowest BCUT2D eigenvalue weighted by molar-refractivity contribution is 0.0697. The number of rotatable bonds is 3. The maximum atomic E-state index is 11.1. The van der Waals surface area contributed by atoms with E-state index in [1.165, 1.54) is 32.1 Å². The molecule has 1 aliphatic carbocycles. The molecule has 1 saturated carbocycles. The molecule has 0 aromatic heterocycles. The van der Waals surface area contributed by atoms with Gasteiger partial charge in [0.1, 0.15) is 5.75 Å². The van der Waals surface area contributed by atoms with Crippen molar-refractivity contribution in [1.82, 2.24) is 0 Å². The molecule has 1 saturated heterocycles. The summed E-state index contributed by atoms with van der Waals surface area (Å²) >= 11 is 0. The predicted octanol–water partition coefficient (Wildman–Crippen LogP) is 3.16. The van der Waals surface area contributed by atoms with E-state index in [1.54, 1.807) is 25.3 Å². The minimum atomic E-state index is -0.887. The van der Waals surface area contributed by atoms with Crippen LogP contribution >= 0.6 is 0 Å². The highest BCUT2D eigenvalue weighted by atomic mass is 16.5. The molecule has 1 heterocycles. The molecule has 0 amide bonds. The number of methoxy groups -OCH3 is 1. The van der Waals surface area contributed by atoms with E-state index in [-0.39, 0.29) is 0 Å². The van der Waals surface area contributed by atoms with Gasteiger partial charge < -0.3 is 14.7 Å². The summed E-state index contributed by atoms with van der Waals surface area (Å²) in [5, 5.41) is 9.13. The summed E-state index contributed by atoms with van der Waals surface area (Å²) < 4.78 is 5.38. The Kier molecular flexibility index (Phi) is 3.32. The van der Waals surface area contributed by atoms with Crippen LogP contribution < -0.4 is 9.64 Å². The van der Waals surface area contributed by atoms with Crippen LogP contribution in [0.2, 0.25) is 0 Å². The number of anilines is 1. The van der Waals surface area contributed by atoms with E-state index in [9.17, 15) is 4.79 Å². The third kappa shape index (κ3) is 2.23. The van der Waals surface area contributed by atoms with Crippen molar-refractivity contribution in [3.05, 3.63) is 23.8 Å². The van der Waals surface area contributed by atoms with Crippen molar-refractivity contribution in [3.8, 4) is 5.75 Å². The van der Waals surface area contributed by atoms with Crippen LogP contribution in [0.1, 0.15) is 42.5 Å². The number of benzene rings is 1. The number of ether oxygens (including phenoxy) is 1. The summed E-state index contributed by atoms with van der Waals surface area (Å²) in [7, 11) is 1.63. The Bertz CT molecular complexity index is 512. The first kappa shape index (κ1) is 13.3. The Balaban J connectivity index is 1.80. The normalized spacial score (nSPS) is 20.6. The Morgan fingerprint density at radius 3 is 2.55 bits per heavy atom. The van der Waals surface area contributed by atoms with Gasteiger partial charge in [-0.1, -0.05) is 19.3 Å². The van der Waals surface area contributed by atoms with Gasteiger partial charge in [0.25, 0.3) is 0 Å². The molecule has 4 heteroatoms. The van der Waals surface area contributed by atoms with Gasteiger partial charge in [-0.25, -0.2) is 4.79 Å². The maximum absolute atomic E-state index is 11.1. The second-order valence-corrected chi connectivity index (χ2v) is 6.11. The summed E-state index contributed by atoms with van der Waals surface area (Å²) in [6.45, 7) is 2.07. The van der Waals surface area contributed by atoms with E-state index in [0.29, 0.717) is 11.0 Å². The number of hydrogen-bond acceptors (Lipinski definition) is 3. The topological polar surface area (TPSA) is 49.8 Å². The van der Waals surface area contributed by atoms with Crippen LogP contribution in [0, 0.1) is 5.41 Å². The summed E-state index contributed by atoms with van der Waals surface area (Å²) in [6, 6.07) is 5.09. The van der Waals surface area contributed by atoms with Crippen LogP contribution in [0.15, 0.2) is 18.2 Å². The fourth-order valence-corrected chi connectivity index (χ4v) is 3.62. The van der Waals surface area contributed by atoms with E-state index in [2.05, 4.69) is 4.90 Å². The zero-order valence-electron chi connectivity index (χ0n) is 11.9. The zero-order chi connectivity index (χ0) is 14.2. The van der Waals surface area contributed by atoms with Gasteiger partial charge in [-0.05, 0) is 31.0 Å². The van der Waals surface area contributed by atoms with Gasteiger partial charge >= 0.3 is 5.97 Å². The van der Waals surface area contributed by atoms with Gasteiger partial charge in [0, 0.05) is 18.5 Å². The van der Waals surface area contributed by atoms with Crippen molar-refractivity contribution in [2.24, 2.45) is 5.41 Å². The molecule has 0 atom stereocenters. The lowest BCUT2D eigenvalue weighted by atomic mass is 9.68. The molecule has 1 aromatic rings. The standard InChI is InChI=1S/C16H21NO3/c1-20-14-6-5-12(15(18)19)9-13(14)17-10-16(11-17)7-3-2-4-8-16/h5-6,9H,2-4,7-8,10-11H2,1H3,(H,18,19). The molecule has 2 fully saturated rings. The minimum absolute atomic E-state index is 0.324. The third-order valence-corrected chi connectivity index (χ3v) is 4.73. The van der Waals surface area contributed by atoms with Gasteiger partial charge in [-0.2, -0.15) is 0 Å². The summed E-state index contributed by atoms with van der Waals surface area (Å²) in [5.74, 6) is -0.123. The summed E-state index contributed by atoms with van der Waals surface area (Å²) in [4.78, 5) is 13.4. The van der Waals surface area contributed by atoms with Crippen LogP contribution in [0.3, 0.4) is 0 Å². The highest BCUT2D eigenvalue weighted by Gasteiger charge is 2.44. The first-order chi connectivity index (χ1) is 9.63. The van der Waals surface area contributed by atoms with Crippen molar-refractivity contribution in [2.45, 2.75) is 32.1 Å². The quantitative estimate of drug-likeness (QED) is 0.920. The molecule has 20 heavy (non-hydrogen) atoms. The fraction of sp³-hybridized carbons (Fsp3) is 0.562. The highest BCUT2D eigenvalue weighted by molar-refractivity contribution is 5.89. The van der Waals surface area contributed by atoms with Crippen molar-refractivity contribution >= 4 is 11.7 Å². The molecule has 0 unspecified atom stereocenters. The first-order valence-electron chi connectivity index (χ1n) is 7.30. The van der Waals surface area contributed by atoms with Gasteiger partial charge in [0.2, 0.25) is 0 Å². The maximum Gasteiger partial charge on any atom is 0.335 e. The molecular formula is C16H21NO3. The highest BCUT2D eigenvalue weighted by Crippen LogP contribution is 2.47. The molecule has 108 valence electrons. The molecule has 0 bridgehead atoms. The van der Waals surface area contributed by atoms with Crippen molar-refractivity contribution < 1.29 is 14.6 Å². The predicted molar refractivity (Wildman–Crippen MR) is 77.7 cm³/mol. The first-order valence-corrected chi connectivity index (χ1v) is 7.30. The second-order valence-electron chi connectivity index (χ2n) is 6.11. The third-order valence-electron chi connectivity index (χ3n) is 4.73. The Labute approximate surface area is 119 Å². The van der Waals surface area contributed by atoms with Crippen LogP contribution in [0.25, 0.3) is 0 Å². The number of hydrogen-bond donors (Lipinski definition) is 1. The van der Waals surface area contributed by atoms with E-state index >= 15 is 0 Å². The number of carbonyl (C=O) groups is 1. The second kappa shape index (κ2) is 5.00. The fourth-order valence-electron chi connectivity index (χ4n) is 3.62. The molecule has 4 nitrogen and oxygen atoms in total. The van der Waals surface area contributed by atoms with E-state index < -0.39 is 5.97 Å². The number of aromatic carboxylic acids is 1. The average molecular weight is 275 g/mol. The SMILES string of the molecule is COc1ccc(C(=O)O)cc1N1CC2(CCCCC2)C1. The molecule has 1 aromatic carbocycles. The smallest absolute Gasteiger partial charge is 0.335 e. The van der Waals surface area contributed by atoms with Crippen LogP contribution in [-0.4, -0.2) is 31.3 Å². The Morgan fingerprint density at radius 2 is 1.95 bits per heavy atom. The van der Waals surface area contributed by atoms with E-state index in [0.717, 1.165) is 24.5 Å². The molecule has 0 radical (unpaired) electrons. The van der Waals surface area contributed by atoms with Gasteiger partial charge in [0.05, 0.1) is 18.4 Å². The van der Waals surface area contributed by atoms with Crippen LogP contribution in [0.5, 0.6) is 5.75 Å². The molecule has 1 aliphatic heterocycles. The van der Waals surface area contributed by atoms with E-state index in [4.69, 9.17) is 9.84 Å². The van der Waals surface area contributed by atoms with Crippen LogP contribution in [0.4, 0.5) is 5.69 Å². The number of carboxylic acid groups (broad SMARTS) is 1. The average Bonchev–Trinajstić information content (AvgIpc) is 2.44. The Morgan fingerprint density at radius 1 is 1.25 bits per heavy atom. The molecule has 1 N–H and O–H groups in total. The molecule has 3 rings (SSSR count). The van der Waals surface area contributed by atoms with Gasteiger partial charge in [-0.3, -0.25) is 0 Å². The molecule has 2 aliphatic rings. The largest absolute Gasteiger partial charge is 0.495 e. The summed E-state index contributed by atoms with van der Waals surface area (Å²) in [6.07, 6.45) is 6.65. The molecular weight excluding hydrogens is 254 g/mol. The number of nitrogens with zero attached hydrogens (tertiary/aromatic N) is 1. The monoisotopic (exact) mass is 275 g/mol. The summed E-state index contributed by atoms with van der Waals surface area (Å²) in [5.41, 5.74) is 1.72. The lowest BCUT2D eigenvalue weighted by Crippen LogP contribution is -2.57. The van der Waals surface area contributed by atoms with Crippen molar-refractivity contribution in [3.63, 3.8) is 0 Å². The molecule has 1 spiro atoms. The van der Waals surface area contributed by atoms with E-state index in [1.807, 2.05) is 0 Å². The minimum Gasteiger partial charge on any atom is -0.495 e.